The van der Waals surface area contributed by atoms with Crippen molar-refractivity contribution in [2.45, 2.75) is 13.8 Å². The van der Waals surface area contributed by atoms with Gasteiger partial charge < -0.3 is 10.4 Å². The van der Waals surface area contributed by atoms with E-state index in [2.05, 4.69) is 20.6 Å². The Hall–Kier alpha value is -2.93. The van der Waals surface area contributed by atoms with Gasteiger partial charge in [0.1, 0.15) is 16.6 Å². The molecule has 3 N–H and O–H groups in total. The SMILES string of the molecule is Cc1ccc(NC(=O)Nc2csc(-c3ccc(O)c(C)c3)n2)cn1. The van der Waals surface area contributed by atoms with Gasteiger partial charge in [0.25, 0.3) is 0 Å². The monoisotopic (exact) mass is 340 g/mol. The van der Waals surface area contributed by atoms with Crippen molar-refractivity contribution in [1.82, 2.24) is 9.97 Å². The maximum atomic E-state index is 12.0. The Morgan fingerprint density at radius 2 is 2.00 bits per heavy atom. The minimum atomic E-state index is -0.376. The van der Waals surface area contributed by atoms with E-state index >= 15 is 0 Å². The molecule has 2 amide bonds. The number of hydrogen-bond donors (Lipinski definition) is 3. The van der Waals surface area contributed by atoms with E-state index < -0.39 is 0 Å². The lowest BCUT2D eigenvalue weighted by molar-refractivity contribution is 0.262. The molecule has 0 atom stereocenters. The summed E-state index contributed by atoms with van der Waals surface area (Å²) in [5.41, 5.74) is 3.17. The number of anilines is 2. The van der Waals surface area contributed by atoms with Crippen molar-refractivity contribution in [1.29, 1.82) is 0 Å². The molecule has 0 aliphatic carbocycles. The van der Waals surface area contributed by atoms with Crippen LogP contribution in [-0.4, -0.2) is 21.1 Å². The van der Waals surface area contributed by atoms with Gasteiger partial charge >= 0.3 is 6.03 Å². The number of pyridine rings is 1. The first kappa shape index (κ1) is 15.9. The number of phenolic OH excluding ortho intramolecular Hbond substituents is 1. The molecule has 0 bridgehead atoms. The normalized spacial score (nSPS) is 10.4. The summed E-state index contributed by atoms with van der Waals surface area (Å²) in [5.74, 6) is 0.720. The largest absolute Gasteiger partial charge is 0.508 e. The first-order valence-corrected chi connectivity index (χ1v) is 8.15. The quantitative estimate of drug-likeness (QED) is 0.668. The summed E-state index contributed by atoms with van der Waals surface area (Å²) in [5, 5.41) is 17.5. The number of aryl methyl sites for hydroxylation is 2. The third kappa shape index (κ3) is 3.69. The van der Waals surface area contributed by atoms with Crippen LogP contribution in [0.2, 0.25) is 0 Å². The molecule has 0 fully saturated rings. The molecule has 0 saturated carbocycles. The van der Waals surface area contributed by atoms with Gasteiger partial charge in [-0.1, -0.05) is 0 Å². The van der Waals surface area contributed by atoms with Crippen LogP contribution < -0.4 is 10.6 Å². The van der Waals surface area contributed by atoms with E-state index in [0.717, 1.165) is 21.8 Å². The lowest BCUT2D eigenvalue weighted by Gasteiger charge is -2.05. The second kappa shape index (κ2) is 6.67. The smallest absolute Gasteiger partial charge is 0.324 e. The van der Waals surface area contributed by atoms with E-state index in [1.807, 2.05) is 26.0 Å². The summed E-state index contributed by atoms with van der Waals surface area (Å²) < 4.78 is 0. The van der Waals surface area contributed by atoms with Gasteiger partial charge in [0.15, 0.2) is 0 Å². The molecular weight excluding hydrogens is 324 g/mol. The molecule has 1 aromatic carbocycles. The Labute approximate surface area is 143 Å². The van der Waals surface area contributed by atoms with Gasteiger partial charge in [-0.3, -0.25) is 10.3 Å². The molecule has 0 aliphatic heterocycles. The van der Waals surface area contributed by atoms with Crippen LogP contribution in [0.4, 0.5) is 16.3 Å². The number of aromatic hydroxyl groups is 1. The summed E-state index contributed by atoms with van der Waals surface area (Å²) in [6, 6.07) is 8.52. The van der Waals surface area contributed by atoms with Crippen LogP contribution in [0.25, 0.3) is 10.6 Å². The average Bonchev–Trinajstić information content (AvgIpc) is 3.00. The van der Waals surface area contributed by atoms with Crippen molar-refractivity contribution < 1.29 is 9.90 Å². The standard InChI is InChI=1S/C17H16N4O2S/c1-10-7-12(4-6-14(10)22)16-20-15(9-24-16)21-17(23)19-13-5-3-11(2)18-8-13/h3-9,22H,1-2H3,(H2,19,21,23). The van der Waals surface area contributed by atoms with E-state index in [-0.39, 0.29) is 11.8 Å². The zero-order valence-corrected chi connectivity index (χ0v) is 14.0. The number of hydrogen-bond acceptors (Lipinski definition) is 5. The molecule has 7 heteroatoms. The highest BCUT2D eigenvalue weighted by atomic mass is 32.1. The third-order valence-corrected chi connectivity index (χ3v) is 4.25. The number of carbonyl (C=O) groups excluding carboxylic acids is 1. The molecule has 0 radical (unpaired) electrons. The van der Waals surface area contributed by atoms with Crippen LogP contribution in [0.1, 0.15) is 11.3 Å². The highest BCUT2D eigenvalue weighted by Crippen LogP contribution is 2.29. The number of carbonyl (C=O) groups is 1. The molecule has 0 saturated heterocycles. The number of amides is 2. The van der Waals surface area contributed by atoms with Crippen LogP contribution >= 0.6 is 11.3 Å². The fraction of sp³-hybridized carbons (Fsp3) is 0.118. The van der Waals surface area contributed by atoms with Crippen LogP contribution in [0, 0.1) is 13.8 Å². The molecule has 3 aromatic rings. The first-order valence-electron chi connectivity index (χ1n) is 7.27. The minimum absolute atomic E-state index is 0.250. The molecule has 0 aliphatic rings. The third-order valence-electron chi connectivity index (χ3n) is 3.36. The average molecular weight is 340 g/mol. The predicted octanol–water partition coefficient (Wildman–Crippen LogP) is 4.17. The Kier molecular flexibility index (Phi) is 4.43. The molecule has 6 nitrogen and oxygen atoms in total. The van der Waals surface area contributed by atoms with Crippen molar-refractivity contribution >= 4 is 28.9 Å². The number of thiazole rings is 1. The van der Waals surface area contributed by atoms with Crippen molar-refractivity contribution in [3.8, 4) is 16.3 Å². The summed E-state index contributed by atoms with van der Waals surface area (Å²) in [7, 11) is 0. The van der Waals surface area contributed by atoms with Crippen LogP contribution in [-0.2, 0) is 0 Å². The fourth-order valence-corrected chi connectivity index (χ4v) is 2.82. The zero-order valence-electron chi connectivity index (χ0n) is 13.2. The summed E-state index contributed by atoms with van der Waals surface area (Å²) >= 11 is 1.42. The summed E-state index contributed by atoms with van der Waals surface area (Å²) in [6.45, 7) is 3.71. The van der Waals surface area contributed by atoms with E-state index in [1.165, 1.54) is 11.3 Å². The molecule has 24 heavy (non-hydrogen) atoms. The van der Waals surface area contributed by atoms with Crippen LogP contribution in [0.3, 0.4) is 0 Å². The van der Waals surface area contributed by atoms with E-state index in [1.54, 1.807) is 29.8 Å². The van der Waals surface area contributed by atoms with E-state index in [9.17, 15) is 9.90 Å². The van der Waals surface area contributed by atoms with Gasteiger partial charge in [-0.2, -0.15) is 0 Å². The Morgan fingerprint density at radius 3 is 2.71 bits per heavy atom. The number of phenols is 1. The Balaban J connectivity index is 1.68. The number of rotatable bonds is 3. The number of aromatic nitrogens is 2. The zero-order chi connectivity index (χ0) is 17.1. The summed E-state index contributed by atoms with van der Waals surface area (Å²) in [4.78, 5) is 20.5. The van der Waals surface area contributed by atoms with Gasteiger partial charge in [-0.15, -0.1) is 11.3 Å². The lowest BCUT2D eigenvalue weighted by atomic mass is 10.1. The van der Waals surface area contributed by atoms with Crippen LogP contribution in [0.5, 0.6) is 5.75 Å². The maximum absolute atomic E-state index is 12.0. The number of nitrogens with one attached hydrogen (secondary N) is 2. The summed E-state index contributed by atoms with van der Waals surface area (Å²) in [6.07, 6.45) is 1.60. The number of nitrogens with zero attached hydrogens (tertiary/aromatic N) is 2. The van der Waals surface area contributed by atoms with Crippen molar-refractivity contribution in [3.63, 3.8) is 0 Å². The Bertz CT molecular complexity index is 875. The molecular formula is C17H16N4O2S. The van der Waals surface area contributed by atoms with Crippen molar-refractivity contribution in [3.05, 3.63) is 53.2 Å². The maximum Gasteiger partial charge on any atom is 0.324 e. The second-order valence-electron chi connectivity index (χ2n) is 5.31. The van der Waals surface area contributed by atoms with E-state index in [0.29, 0.717) is 11.5 Å². The molecule has 122 valence electrons. The van der Waals surface area contributed by atoms with E-state index in [4.69, 9.17) is 0 Å². The van der Waals surface area contributed by atoms with Gasteiger partial charge in [0.2, 0.25) is 0 Å². The molecule has 0 unspecified atom stereocenters. The highest BCUT2D eigenvalue weighted by Gasteiger charge is 2.09. The van der Waals surface area contributed by atoms with Gasteiger partial charge in [-0.25, -0.2) is 9.78 Å². The molecule has 2 aromatic heterocycles. The molecule has 2 heterocycles. The highest BCUT2D eigenvalue weighted by molar-refractivity contribution is 7.13. The van der Waals surface area contributed by atoms with Gasteiger partial charge in [0.05, 0.1) is 11.9 Å². The first-order chi connectivity index (χ1) is 11.5. The Morgan fingerprint density at radius 1 is 1.17 bits per heavy atom. The van der Waals surface area contributed by atoms with Crippen LogP contribution in [0.15, 0.2) is 41.9 Å². The van der Waals surface area contributed by atoms with Gasteiger partial charge in [0, 0.05) is 16.6 Å². The molecule has 0 spiro atoms. The predicted molar refractivity (Wildman–Crippen MR) is 95.6 cm³/mol. The topological polar surface area (TPSA) is 87.1 Å². The minimum Gasteiger partial charge on any atom is -0.508 e. The van der Waals surface area contributed by atoms with Gasteiger partial charge in [-0.05, 0) is 49.7 Å². The van der Waals surface area contributed by atoms with Crippen molar-refractivity contribution in [2.75, 3.05) is 10.6 Å². The lowest BCUT2D eigenvalue weighted by Crippen LogP contribution is -2.19. The number of urea groups is 1. The fourth-order valence-electron chi connectivity index (χ4n) is 2.07. The molecule has 3 rings (SSSR count). The van der Waals surface area contributed by atoms with Crippen molar-refractivity contribution in [2.24, 2.45) is 0 Å². The second-order valence-corrected chi connectivity index (χ2v) is 6.16. The number of benzene rings is 1.